The number of benzene rings is 3. The third kappa shape index (κ3) is 6.72. The second-order valence-electron chi connectivity index (χ2n) is 16.3. The van der Waals surface area contributed by atoms with Crippen LogP contribution in [0.4, 0.5) is 0 Å². The molecule has 9 nitrogen and oxygen atoms in total. The topological polar surface area (TPSA) is 109 Å². The molecule has 5 aliphatic rings. The lowest BCUT2D eigenvalue weighted by molar-refractivity contribution is -0.183. The van der Waals surface area contributed by atoms with E-state index in [2.05, 4.69) is 63.5 Å². The second kappa shape index (κ2) is 14.8. The average molecular weight is 710 g/mol. The fourth-order valence-electron chi connectivity index (χ4n) is 9.74. The lowest BCUT2D eigenvalue weighted by atomic mass is 9.45. The van der Waals surface area contributed by atoms with Gasteiger partial charge in [0.25, 0.3) is 5.91 Å². The highest BCUT2D eigenvalue weighted by atomic mass is 16.7. The lowest BCUT2D eigenvalue weighted by Crippen LogP contribution is -2.62. The summed E-state index contributed by atoms with van der Waals surface area (Å²) in [5.74, 6) is 2.62. The highest BCUT2D eigenvalue weighted by Gasteiger charge is 2.57. The Labute approximate surface area is 308 Å². The number of aliphatic hydroxyl groups is 1. The van der Waals surface area contributed by atoms with Gasteiger partial charge < -0.3 is 25.2 Å². The van der Waals surface area contributed by atoms with Gasteiger partial charge in [0.1, 0.15) is 23.6 Å². The molecule has 0 spiro atoms. The van der Waals surface area contributed by atoms with E-state index in [1.165, 1.54) is 6.42 Å². The minimum Gasteiger partial charge on any atom is -0.496 e. The van der Waals surface area contributed by atoms with E-state index in [1.54, 1.807) is 12.2 Å². The largest absolute Gasteiger partial charge is 0.496 e. The molecule has 1 unspecified atom stereocenters. The van der Waals surface area contributed by atoms with Gasteiger partial charge in [0, 0.05) is 36.1 Å². The Bertz CT molecular complexity index is 1780. The number of hydrogen-bond donors (Lipinski definition) is 3. The van der Waals surface area contributed by atoms with Crippen molar-refractivity contribution in [1.29, 1.82) is 0 Å². The molecule has 4 fully saturated rings. The molecular weight excluding hydrogens is 654 g/mol. The Balaban J connectivity index is 1.14. The summed E-state index contributed by atoms with van der Waals surface area (Å²) in [7, 11) is 1.65. The van der Waals surface area contributed by atoms with Crippen LogP contribution in [0, 0.1) is 35.0 Å². The van der Waals surface area contributed by atoms with Gasteiger partial charge in [-0.15, -0.1) is 0 Å². The maximum Gasteiger partial charge on any atom is 0.255 e. The molecule has 3 saturated carbocycles. The molecule has 2 aliphatic heterocycles. The minimum absolute atomic E-state index is 0.0396. The molecule has 2 heterocycles. The van der Waals surface area contributed by atoms with Gasteiger partial charge in [0.05, 0.1) is 32.4 Å². The van der Waals surface area contributed by atoms with Gasteiger partial charge in [-0.2, -0.15) is 5.06 Å². The van der Waals surface area contributed by atoms with E-state index >= 15 is 0 Å². The van der Waals surface area contributed by atoms with Gasteiger partial charge in [0.2, 0.25) is 5.91 Å². The van der Waals surface area contributed by atoms with Crippen molar-refractivity contribution < 1.29 is 29.0 Å². The molecule has 1 saturated heterocycles. The van der Waals surface area contributed by atoms with Crippen LogP contribution in [0.1, 0.15) is 74.5 Å². The zero-order valence-electron chi connectivity index (χ0n) is 31.5. The van der Waals surface area contributed by atoms with Crippen LogP contribution in [0.25, 0.3) is 11.1 Å². The molecule has 2 bridgehead atoms. The van der Waals surface area contributed by atoms with E-state index < -0.39 is 12.1 Å². The van der Waals surface area contributed by atoms with Crippen molar-refractivity contribution >= 4 is 11.8 Å². The summed E-state index contributed by atoms with van der Waals surface area (Å²) >= 11 is 0. The summed E-state index contributed by atoms with van der Waals surface area (Å²) < 4.78 is 12.1. The van der Waals surface area contributed by atoms with Crippen molar-refractivity contribution in [2.24, 2.45) is 35.0 Å². The summed E-state index contributed by atoms with van der Waals surface area (Å²) in [5, 5.41) is 18.8. The molecule has 3 aliphatic carbocycles. The molecule has 0 aromatic heterocycles. The molecule has 278 valence electrons. The number of methoxy groups -OCH3 is 1. The number of para-hydroxylation sites is 1. The number of carbonyl (C=O) groups excluding carboxylic acids is 2. The molecule has 9 heteroatoms. The Morgan fingerprint density at radius 1 is 1.08 bits per heavy atom. The molecule has 3 aromatic carbocycles. The first-order valence-corrected chi connectivity index (χ1v) is 19.1. The molecule has 7 atom stereocenters. The molecule has 3 aromatic rings. The van der Waals surface area contributed by atoms with Gasteiger partial charge in [-0.25, -0.2) is 0 Å². The third-order valence-corrected chi connectivity index (χ3v) is 12.8. The summed E-state index contributed by atoms with van der Waals surface area (Å²) in [4.78, 5) is 34.3. The van der Waals surface area contributed by atoms with Gasteiger partial charge >= 0.3 is 0 Å². The first kappa shape index (κ1) is 36.4. The van der Waals surface area contributed by atoms with E-state index in [-0.39, 0.29) is 42.8 Å². The number of aliphatic hydroxyl groups excluding tert-OH is 1. The van der Waals surface area contributed by atoms with Crippen molar-refractivity contribution in [3.05, 3.63) is 82.9 Å². The van der Waals surface area contributed by atoms with E-state index in [9.17, 15) is 14.7 Å². The van der Waals surface area contributed by atoms with Crippen molar-refractivity contribution in [2.75, 3.05) is 26.9 Å². The van der Waals surface area contributed by atoms with Crippen LogP contribution < -0.4 is 20.1 Å². The number of ether oxygens (including phenoxy) is 2. The minimum atomic E-state index is -0.577. The predicted molar refractivity (Wildman–Crippen MR) is 201 cm³/mol. The number of rotatable bonds is 12. The molecule has 0 radical (unpaired) electrons. The van der Waals surface area contributed by atoms with Gasteiger partial charge in [0.15, 0.2) is 0 Å². The van der Waals surface area contributed by atoms with E-state index in [4.69, 9.17) is 14.3 Å². The van der Waals surface area contributed by atoms with Crippen LogP contribution in [0.3, 0.4) is 0 Å². The van der Waals surface area contributed by atoms with Gasteiger partial charge in [-0.3, -0.25) is 14.4 Å². The van der Waals surface area contributed by atoms with Crippen molar-refractivity contribution in [3.63, 3.8) is 0 Å². The van der Waals surface area contributed by atoms with Gasteiger partial charge in [-0.05, 0) is 77.2 Å². The number of nitrogens with zero attached hydrogens (tertiary/aromatic N) is 1. The highest BCUT2D eigenvalue weighted by molar-refractivity contribution is 5.99. The number of carbonyl (C=O) groups is 2. The maximum absolute atomic E-state index is 14.3. The Morgan fingerprint density at radius 2 is 1.87 bits per heavy atom. The van der Waals surface area contributed by atoms with Crippen molar-refractivity contribution in [1.82, 2.24) is 15.7 Å². The highest BCUT2D eigenvalue weighted by Crippen LogP contribution is 2.61. The first-order chi connectivity index (χ1) is 25.0. The zero-order chi connectivity index (χ0) is 36.7. The standard InChI is InChI=1S/C43H55N3O6/c1-25(2)37-36(24-47)52-46(38(37)42(49)45-35-22-31-21-34(26(35)3)43(31,4)5)23-29-13-10-14-32(39(29)50-6)30-19-28-16-18-51-40(28)33(20-30)41(48)44-17-15-27-11-8-7-9-12-27/h7-14,19-20,25-26,31,34-38,47H,15-18,21-24H2,1-6H3,(H,44,48)(H,45,49)/t26-,31+,34-,35-,36-,37?,38-/m0/s1. The predicted octanol–water partition coefficient (Wildman–Crippen LogP) is 6.21. The quantitative estimate of drug-likeness (QED) is 0.205. The van der Waals surface area contributed by atoms with Gasteiger partial charge in [-0.1, -0.05) is 83.1 Å². The monoisotopic (exact) mass is 709 g/mol. The lowest BCUT2D eigenvalue weighted by Gasteiger charge is -2.62. The van der Waals surface area contributed by atoms with Crippen LogP contribution in [0.15, 0.2) is 60.7 Å². The van der Waals surface area contributed by atoms with Crippen LogP contribution in [-0.2, 0) is 29.0 Å². The van der Waals surface area contributed by atoms with Crippen LogP contribution in [0.2, 0.25) is 0 Å². The zero-order valence-corrected chi connectivity index (χ0v) is 31.5. The fourth-order valence-corrected chi connectivity index (χ4v) is 9.74. The van der Waals surface area contributed by atoms with Crippen LogP contribution in [0.5, 0.6) is 11.5 Å². The van der Waals surface area contributed by atoms with Crippen LogP contribution >= 0.6 is 0 Å². The number of hydrogen-bond acceptors (Lipinski definition) is 7. The maximum atomic E-state index is 14.3. The normalized spacial score (nSPS) is 27.4. The average Bonchev–Trinajstić information content (AvgIpc) is 3.77. The van der Waals surface area contributed by atoms with E-state index in [0.29, 0.717) is 59.8 Å². The number of hydroxylamine groups is 2. The molecule has 2 amide bonds. The smallest absolute Gasteiger partial charge is 0.255 e. The summed E-state index contributed by atoms with van der Waals surface area (Å²) in [6, 6.07) is 19.6. The number of amides is 2. The molecule has 8 rings (SSSR count). The summed E-state index contributed by atoms with van der Waals surface area (Å²) in [6.45, 7) is 12.4. The second-order valence-corrected chi connectivity index (χ2v) is 16.3. The number of nitrogens with one attached hydrogen (secondary N) is 2. The Kier molecular flexibility index (Phi) is 10.4. The Hall–Kier alpha value is -3.92. The van der Waals surface area contributed by atoms with Crippen molar-refractivity contribution in [2.45, 2.75) is 85.0 Å². The van der Waals surface area contributed by atoms with Crippen LogP contribution in [-0.4, -0.2) is 67.0 Å². The Morgan fingerprint density at radius 3 is 2.56 bits per heavy atom. The number of fused-ring (bicyclic) bond motifs is 3. The summed E-state index contributed by atoms with van der Waals surface area (Å²) in [5.41, 5.74) is 5.52. The molecule has 3 N–H and O–H groups in total. The first-order valence-electron chi connectivity index (χ1n) is 19.1. The molecule has 52 heavy (non-hydrogen) atoms. The van der Waals surface area contributed by atoms with E-state index in [0.717, 1.165) is 40.7 Å². The SMILES string of the molecule is COc1c(CN2O[C@@H](CO)C(C(C)C)[C@H]2C(=O)N[C@H]2C[C@H]3C[C@@H]([C@@H]2C)C3(C)C)cccc1-c1cc2c(c(C(=O)NCCc3ccccc3)c1)OCC2. The summed E-state index contributed by atoms with van der Waals surface area (Å²) in [6.07, 6.45) is 3.19. The third-order valence-electron chi connectivity index (χ3n) is 12.8. The van der Waals surface area contributed by atoms with E-state index in [1.807, 2.05) is 42.5 Å². The fraction of sp³-hybridized carbons (Fsp3) is 0.535. The van der Waals surface area contributed by atoms with Crippen molar-refractivity contribution in [3.8, 4) is 22.6 Å². The molecular formula is C43H55N3O6.